The van der Waals surface area contributed by atoms with Gasteiger partial charge in [-0.25, -0.2) is 0 Å². The molecule has 2 radical (unpaired) electrons. The molecule has 0 bridgehead atoms. The van der Waals surface area contributed by atoms with Crippen LogP contribution in [-0.2, 0) is 9.57 Å². The number of oxime groups is 1. The van der Waals surface area contributed by atoms with Gasteiger partial charge in [0, 0.05) is 0 Å². The quantitative estimate of drug-likeness (QED) is 0.525. The summed E-state index contributed by atoms with van der Waals surface area (Å²) >= 11 is 0. The molecule has 0 aromatic carbocycles. The summed E-state index contributed by atoms with van der Waals surface area (Å²) in [5, 5.41) is 2.88. The molecule has 0 aromatic heterocycles. The lowest BCUT2D eigenvalue weighted by molar-refractivity contribution is -0.284. The number of hydrogen-bond acceptors (Lipinski definition) is 3. The van der Waals surface area contributed by atoms with Gasteiger partial charge in [-0.1, -0.05) is 5.16 Å². The van der Waals surface area contributed by atoms with Crippen molar-refractivity contribution in [3.8, 4) is 0 Å². The van der Waals surface area contributed by atoms with Crippen molar-refractivity contribution in [2.75, 3.05) is 0 Å². The van der Waals surface area contributed by atoms with Crippen LogP contribution in [0.4, 0.5) is 13.2 Å². The van der Waals surface area contributed by atoms with Gasteiger partial charge in [0.1, 0.15) is 0 Å². The minimum absolute atomic E-state index is 0.167. The van der Waals surface area contributed by atoms with E-state index in [1.54, 1.807) is 0 Å². The highest BCUT2D eigenvalue weighted by atomic mass is 19.4. The summed E-state index contributed by atoms with van der Waals surface area (Å²) in [4.78, 5) is 4.02. The number of rotatable bonds is 0. The van der Waals surface area contributed by atoms with Gasteiger partial charge in [0.15, 0.2) is 0 Å². The second kappa shape index (κ2) is 2.36. The lowest BCUT2D eigenvalue weighted by Gasteiger charge is -2.04. The Balaban J connectivity index is 2.38. The number of ether oxygens (including phenoxy) is 1. The van der Waals surface area contributed by atoms with Gasteiger partial charge >= 0.3 is 6.36 Å². The molecule has 0 unspecified atom stereocenters. The highest BCUT2D eigenvalue weighted by molar-refractivity contribution is 5.77. The van der Waals surface area contributed by atoms with Crippen molar-refractivity contribution < 1.29 is 22.7 Å². The third-order valence-corrected chi connectivity index (χ3v) is 0.669. The van der Waals surface area contributed by atoms with E-state index in [0.717, 1.165) is 0 Å². The molecule has 0 spiro atoms. The molecule has 0 amide bonds. The van der Waals surface area contributed by atoms with Gasteiger partial charge < -0.3 is 9.57 Å². The Hall–Kier alpha value is -0.940. The molecule has 6 heteroatoms. The molecule has 0 atom stereocenters. The number of hydrogen-bond donors (Lipinski definition) is 0. The predicted octanol–water partition coefficient (Wildman–Crippen LogP) is 1.30. The summed E-state index contributed by atoms with van der Waals surface area (Å²) in [5.74, 6) is -0.521. The fourth-order valence-electron chi connectivity index (χ4n) is 0.398. The first kappa shape index (κ1) is 7.17. The summed E-state index contributed by atoms with van der Waals surface area (Å²) in [6.07, 6.45) is -4.85. The third kappa shape index (κ3) is 2.12. The van der Waals surface area contributed by atoms with E-state index < -0.39 is 12.3 Å². The highest BCUT2D eigenvalue weighted by Gasteiger charge is 2.34. The van der Waals surface area contributed by atoms with Crippen molar-refractivity contribution >= 4 is 5.90 Å². The standard InChI is InChI=1S/C4H2F3NO2/c5-4(6,7)10-3-1-2-9-8-3/h1H2. The van der Waals surface area contributed by atoms with Crippen molar-refractivity contribution in [1.29, 1.82) is 0 Å². The molecule has 0 N–H and O–H groups in total. The smallest absolute Gasteiger partial charge is 0.389 e. The normalized spacial score (nSPS) is 18.1. The maximum atomic E-state index is 11.3. The molecule has 56 valence electrons. The van der Waals surface area contributed by atoms with Gasteiger partial charge in [0.05, 0.1) is 6.42 Å². The summed E-state index contributed by atoms with van der Waals surface area (Å²) in [6.45, 7) is 2.07. The topological polar surface area (TPSA) is 30.8 Å². The molecule has 1 aliphatic heterocycles. The van der Waals surface area contributed by atoms with Crippen molar-refractivity contribution in [1.82, 2.24) is 0 Å². The molecule has 3 nitrogen and oxygen atoms in total. The number of alkyl halides is 3. The average Bonchev–Trinajstić information content (AvgIpc) is 2.12. The van der Waals surface area contributed by atoms with E-state index in [-0.39, 0.29) is 6.42 Å². The maximum Gasteiger partial charge on any atom is 0.574 e. The number of halogens is 3. The Morgan fingerprint density at radius 1 is 1.60 bits per heavy atom. The first-order chi connectivity index (χ1) is 4.58. The summed E-state index contributed by atoms with van der Waals surface area (Å²) < 4.78 is 37.3. The van der Waals surface area contributed by atoms with Crippen molar-refractivity contribution in [3.05, 3.63) is 6.61 Å². The Morgan fingerprint density at radius 3 is 2.70 bits per heavy atom. The van der Waals surface area contributed by atoms with Crippen molar-refractivity contribution in [3.63, 3.8) is 0 Å². The Kier molecular flexibility index (Phi) is 1.69. The first-order valence-electron chi connectivity index (χ1n) is 2.29. The van der Waals surface area contributed by atoms with Crippen molar-refractivity contribution in [2.45, 2.75) is 12.8 Å². The van der Waals surface area contributed by atoms with Gasteiger partial charge in [-0.15, -0.1) is 13.2 Å². The Labute approximate surface area is 54.4 Å². The third-order valence-electron chi connectivity index (χ3n) is 0.669. The molecule has 0 aliphatic carbocycles. The summed E-state index contributed by atoms with van der Waals surface area (Å²) in [6, 6.07) is 0. The van der Waals surface area contributed by atoms with Gasteiger partial charge in [0.2, 0.25) is 12.5 Å². The van der Waals surface area contributed by atoms with E-state index in [4.69, 9.17) is 0 Å². The number of nitrogens with zero attached hydrogens (tertiary/aromatic N) is 1. The van der Waals surface area contributed by atoms with E-state index in [1.807, 2.05) is 0 Å². The molecule has 1 heterocycles. The van der Waals surface area contributed by atoms with Crippen LogP contribution in [0.1, 0.15) is 6.42 Å². The first-order valence-corrected chi connectivity index (χ1v) is 2.29. The van der Waals surface area contributed by atoms with E-state index in [2.05, 4.69) is 21.3 Å². The largest absolute Gasteiger partial charge is 0.574 e. The fourth-order valence-corrected chi connectivity index (χ4v) is 0.398. The fraction of sp³-hybridized carbons (Fsp3) is 0.500. The van der Waals surface area contributed by atoms with E-state index >= 15 is 0 Å². The van der Waals surface area contributed by atoms with Crippen LogP contribution in [0.5, 0.6) is 0 Å². The lowest BCUT2D eigenvalue weighted by Crippen LogP contribution is -2.17. The van der Waals surface area contributed by atoms with E-state index in [9.17, 15) is 13.2 Å². The zero-order valence-corrected chi connectivity index (χ0v) is 4.60. The average molecular weight is 153 g/mol. The molecule has 1 aliphatic rings. The molecular formula is C4H2F3NO2. The molecule has 0 fully saturated rings. The summed E-state index contributed by atoms with van der Waals surface area (Å²) in [5.41, 5.74) is 0. The van der Waals surface area contributed by atoms with Crippen LogP contribution >= 0.6 is 0 Å². The SMILES string of the molecule is FC(F)(F)OC1=NO[C]C1. The van der Waals surface area contributed by atoms with Gasteiger partial charge in [0.25, 0.3) is 0 Å². The molecule has 0 aromatic rings. The Bertz CT molecular complexity index is 153. The van der Waals surface area contributed by atoms with Crippen LogP contribution in [0, 0.1) is 6.61 Å². The zero-order chi connectivity index (χ0) is 7.61. The second-order valence-electron chi connectivity index (χ2n) is 1.45. The highest BCUT2D eigenvalue weighted by Crippen LogP contribution is 2.20. The minimum atomic E-state index is -4.69. The van der Waals surface area contributed by atoms with Crippen LogP contribution in [0.2, 0.25) is 0 Å². The van der Waals surface area contributed by atoms with E-state index in [1.165, 1.54) is 0 Å². The molecular weight excluding hydrogens is 151 g/mol. The molecule has 10 heavy (non-hydrogen) atoms. The maximum absolute atomic E-state index is 11.3. The molecule has 0 saturated carbocycles. The molecule has 1 rings (SSSR count). The van der Waals surface area contributed by atoms with E-state index in [0.29, 0.717) is 0 Å². The van der Waals surface area contributed by atoms with Crippen LogP contribution in [0.25, 0.3) is 0 Å². The lowest BCUT2D eigenvalue weighted by atomic mass is 10.5. The van der Waals surface area contributed by atoms with Crippen LogP contribution in [0.15, 0.2) is 5.16 Å². The van der Waals surface area contributed by atoms with Gasteiger partial charge in [-0.05, 0) is 0 Å². The zero-order valence-electron chi connectivity index (χ0n) is 4.60. The second-order valence-corrected chi connectivity index (χ2v) is 1.45. The Morgan fingerprint density at radius 2 is 2.30 bits per heavy atom. The summed E-state index contributed by atoms with van der Waals surface area (Å²) in [7, 11) is 0. The van der Waals surface area contributed by atoms with Crippen LogP contribution in [0.3, 0.4) is 0 Å². The predicted molar refractivity (Wildman–Crippen MR) is 23.5 cm³/mol. The van der Waals surface area contributed by atoms with Crippen LogP contribution < -0.4 is 0 Å². The van der Waals surface area contributed by atoms with Gasteiger partial charge in [-0.3, -0.25) is 0 Å². The minimum Gasteiger partial charge on any atom is -0.389 e. The van der Waals surface area contributed by atoms with Crippen LogP contribution in [-0.4, -0.2) is 12.3 Å². The monoisotopic (exact) mass is 153 g/mol. The van der Waals surface area contributed by atoms with Crippen molar-refractivity contribution in [2.24, 2.45) is 5.16 Å². The molecule has 0 saturated heterocycles. The van der Waals surface area contributed by atoms with Gasteiger partial charge in [-0.2, -0.15) is 0 Å².